The Balaban J connectivity index is 1.81. The lowest BCUT2D eigenvalue weighted by atomic mass is 9.89. The van der Waals surface area contributed by atoms with Crippen molar-refractivity contribution in [3.63, 3.8) is 0 Å². The summed E-state index contributed by atoms with van der Waals surface area (Å²) in [6.45, 7) is 0.907. The molecule has 0 fully saturated rings. The highest BCUT2D eigenvalue weighted by Gasteiger charge is 2.08. The highest BCUT2D eigenvalue weighted by molar-refractivity contribution is 5.33. The van der Waals surface area contributed by atoms with Gasteiger partial charge in [-0.2, -0.15) is 0 Å². The summed E-state index contributed by atoms with van der Waals surface area (Å²) in [5.41, 5.74) is 4.74. The molecular weight excluding hydrogens is 208 g/mol. The lowest BCUT2D eigenvalue weighted by molar-refractivity contribution is 0.192. The van der Waals surface area contributed by atoms with Gasteiger partial charge in [0.2, 0.25) is 0 Å². The van der Waals surface area contributed by atoms with Crippen LogP contribution in [0.3, 0.4) is 0 Å². The van der Waals surface area contributed by atoms with Gasteiger partial charge in [0, 0.05) is 13.7 Å². The number of aryl methyl sites for hydroxylation is 3. The number of hydrogen-bond acceptors (Lipinski definition) is 1. The standard InChI is InChI=1S/C16H24O/c1-17-12-6-2-3-7-14-10-11-15-8-4-5-9-16(15)13-14/h10-11,13H,2-9,12H2,1H3. The molecule has 0 amide bonds. The van der Waals surface area contributed by atoms with Crippen molar-refractivity contribution in [2.75, 3.05) is 13.7 Å². The minimum Gasteiger partial charge on any atom is -0.385 e. The van der Waals surface area contributed by atoms with Crippen LogP contribution in [0, 0.1) is 0 Å². The van der Waals surface area contributed by atoms with Gasteiger partial charge in [-0.3, -0.25) is 0 Å². The molecule has 0 N–H and O–H groups in total. The van der Waals surface area contributed by atoms with Crippen molar-refractivity contribution in [1.82, 2.24) is 0 Å². The molecule has 1 aromatic carbocycles. The molecule has 0 aliphatic heterocycles. The lowest BCUT2D eigenvalue weighted by Crippen LogP contribution is -2.03. The summed E-state index contributed by atoms with van der Waals surface area (Å²) >= 11 is 0. The summed E-state index contributed by atoms with van der Waals surface area (Å²) in [6, 6.07) is 7.14. The summed E-state index contributed by atoms with van der Waals surface area (Å²) in [5.74, 6) is 0. The van der Waals surface area contributed by atoms with E-state index in [1.807, 2.05) is 0 Å². The first-order valence-electron chi connectivity index (χ1n) is 7.00. The van der Waals surface area contributed by atoms with E-state index in [-0.39, 0.29) is 0 Å². The number of fused-ring (bicyclic) bond motifs is 1. The molecule has 0 spiro atoms. The number of rotatable bonds is 6. The third-order valence-corrected chi connectivity index (χ3v) is 3.73. The van der Waals surface area contributed by atoms with Crippen molar-refractivity contribution >= 4 is 0 Å². The third kappa shape index (κ3) is 3.85. The van der Waals surface area contributed by atoms with Crippen molar-refractivity contribution in [2.45, 2.75) is 51.4 Å². The molecule has 17 heavy (non-hydrogen) atoms. The first-order valence-corrected chi connectivity index (χ1v) is 7.00. The molecule has 1 aromatic rings. The second-order valence-electron chi connectivity index (χ2n) is 5.11. The van der Waals surface area contributed by atoms with Gasteiger partial charge < -0.3 is 4.74 Å². The van der Waals surface area contributed by atoms with E-state index in [1.54, 1.807) is 18.2 Å². The fraction of sp³-hybridized carbons (Fsp3) is 0.625. The van der Waals surface area contributed by atoms with E-state index in [0.717, 1.165) is 6.61 Å². The molecule has 0 heterocycles. The second-order valence-corrected chi connectivity index (χ2v) is 5.11. The minimum absolute atomic E-state index is 0.907. The van der Waals surface area contributed by atoms with Crippen molar-refractivity contribution in [1.29, 1.82) is 0 Å². The minimum atomic E-state index is 0.907. The van der Waals surface area contributed by atoms with E-state index in [4.69, 9.17) is 4.74 Å². The van der Waals surface area contributed by atoms with Crippen LogP contribution in [0.1, 0.15) is 48.8 Å². The number of methoxy groups -OCH3 is 1. The summed E-state index contributed by atoms with van der Waals surface area (Å²) in [6.07, 6.45) is 10.4. The molecule has 0 radical (unpaired) electrons. The van der Waals surface area contributed by atoms with Crippen LogP contribution in [0.2, 0.25) is 0 Å². The number of benzene rings is 1. The first kappa shape index (κ1) is 12.6. The molecule has 0 saturated heterocycles. The Kier molecular flexibility index (Phi) is 5.06. The molecule has 0 unspecified atom stereocenters. The van der Waals surface area contributed by atoms with E-state index in [9.17, 15) is 0 Å². The number of unbranched alkanes of at least 4 members (excludes halogenated alkanes) is 2. The lowest BCUT2D eigenvalue weighted by Gasteiger charge is -2.16. The van der Waals surface area contributed by atoms with Crippen molar-refractivity contribution in [3.05, 3.63) is 34.9 Å². The van der Waals surface area contributed by atoms with Crippen LogP contribution in [-0.4, -0.2) is 13.7 Å². The molecule has 1 nitrogen and oxygen atoms in total. The zero-order chi connectivity index (χ0) is 11.9. The SMILES string of the molecule is COCCCCCc1ccc2c(c1)CCCC2. The maximum atomic E-state index is 5.07. The van der Waals surface area contributed by atoms with E-state index in [1.165, 1.54) is 56.9 Å². The van der Waals surface area contributed by atoms with Crippen LogP contribution < -0.4 is 0 Å². The highest BCUT2D eigenvalue weighted by atomic mass is 16.5. The molecule has 0 atom stereocenters. The maximum absolute atomic E-state index is 5.07. The van der Waals surface area contributed by atoms with Crippen LogP contribution in [-0.2, 0) is 24.0 Å². The molecule has 2 rings (SSSR count). The van der Waals surface area contributed by atoms with Gasteiger partial charge in [0.1, 0.15) is 0 Å². The average molecular weight is 232 g/mol. The van der Waals surface area contributed by atoms with Gasteiger partial charge in [0.15, 0.2) is 0 Å². The van der Waals surface area contributed by atoms with Crippen LogP contribution in [0.25, 0.3) is 0 Å². The molecule has 94 valence electrons. The Labute approximate surface area is 105 Å². The van der Waals surface area contributed by atoms with Crippen LogP contribution >= 0.6 is 0 Å². The first-order chi connectivity index (χ1) is 8.40. The topological polar surface area (TPSA) is 9.23 Å². The van der Waals surface area contributed by atoms with Crippen molar-refractivity contribution < 1.29 is 4.74 Å². The smallest absolute Gasteiger partial charge is 0.0462 e. The Hall–Kier alpha value is -0.820. The fourth-order valence-corrected chi connectivity index (χ4v) is 2.69. The fourth-order valence-electron chi connectivity index (χ4n) is 2.69. The van der Waals surface area contributed by atoms with Crippen LogP contribution in [0.4, 0.5) is 0 Å². The molecule has 0 saturated carbocycles. The van der Waals surface area contributed by atoms with E-state index in [2.05, 4.69) is 18.2 Å². The Morgan fingerprint density at radius 1 is 1.00 bits per heavy atom. The summed E-state index contributed by atoms with van der Waals surface area (Å²) in [4.78, 5) is 0. The summed E-state index contributed by atoms with van der Waals surface area (Å²) in [5, 5.41) is 0. The number of hydrogen-bond donors (Lipinski definition) is 0. The maximum Gasteiger partial charge on any atom is 0.0462 e. The number of ether oxygens (including phenoxy) is 1. The van der Waals surface area contributed by atoms with E-state index >= 15 is 0 Å². The van der Waals surface area contributed by atoms with Crippen LogP contribution in [0.15, 0.2) is 18.2 Å². The largest absolute Gasteiger partial charge is 0.385 e. The van der Waals surface area contributed by atoms with Gasteiger partial charge in [-0.1, -0.05) is 24.6 Å². The quantitative estimate of drug-likeness (QED) is 0.675. The van der Waals surface area contributed by atoms with Crippen LogP contribution in [0.5, 0.6) is 0 Å². The van der Waals surface area contributed by atoms with Gasteiger partial charge >= 0.3 is 0 Å². The zero-order valence-corrected chi connectivity index (χ0v) is 11.0. The van der Waals surface area contributed by atoms with Gasteiger partial charge in [-0.25, -0.2) is 0 Å². The average Bonchev–Trinajstić information content (AvgIpc) is 2.38. The van der Waals surface area contributed by atoms with Gasteiger partial charge in [-0.15, -0.1) is 0 Å². The van der Waals surface area contributed by atoms with Gasteiger partial charge in [-0.05, 0) is 61.6 Å². The predicted octanol–water partition coefficient (Wildman–Crippen LogP) is 3.92. The molecule has 0 aromatic heterocycles. The summed E-state index contributed by atoms with van der Waals surface area (Å²) < 4.78 is 5.07. The molecule has 1 heteroatoms. The Morgan fingerprint density at radius 2 is 1.82 bits per heavy atom. The second kappa shape index (κ2) is 6.80. The molecular formula is C16H24O. The third-order valence-electron chi connectivity index (χ3n) is 3.73. The molecule has 1 aliphatic carbocycles. The Morgan fingerprint density at radius 3 is 2.65 bits per heavy atom. The van der Waals surface area contributed by atoms with Gasteiger partial charge in [0.25, 0.3) is 0 Å². The highest BCUT2D eigenvalue weighted by Crippen LogP contribution is 2.22. The van der Waals surface area contributed by atoms with Crippen molar-refractivity contribution in [2.24, 2.45) is 0 Å². The predicted molar refractivity (Wildman–Crippen MR) is 72.5 cm³/mol. The zero-order valence-electron chi connectivity index (χ0n) is 11.0. The Bertz CT molecular complexity index is 343. The van der Waals surface area contributed by atoms with Gasteiger partial charge in [0.05, 0.1) is 0 Å². The summed E-state index contributed by atoms with van der Waals surface area (Å²) in [7, 11) is 1.78. The normalized spacial score (nSPS) is 14.6. The van der Waals surface area contributed by atoms with E-state index in [0.29, 0.717) is 0 Å². The van der Waals surface area contributed by atoms with Crippen molar-refractivity contribution in [3.8, 4) is 0 Å². The monoisotopic (exact) mass is 232 g/mol. The van der Waals surface area contributed by atoms with E-state index < -0.39 is 0 Å². The molecule has 0 bridgehead atoms. The molecule has 1 aliphatic rings.